The summed E-state index contributed by atoms with van der Waals surface area (Å²) in [5.74, 6) is -0.587. The lowest BCUT2D eigenvalue weighted by Gasteiger charge is -2.36. The van der Waals surface area contributed by atoms with Gasteiger partial charge in [-0.25, -0.2) is 22.8 Å². The van der Waals surface area contributed by atoms with Gasteiger partial charge in [0.25, 0.3) is 0 Å². The number of sulfone groups is 1. The van der Waals surface area contributed by atoms with Crippen LogP contribution >= 0.6 is 11.6 Å². The first kappa shape index (κ1) is 23.6. The molecule has 1 atom stereocenters. The minimum absolute atomic E-state index is 0.0109. The normalized spacial score (nSPS) is 16.5. The van der Waals surface area contributed by atoms with Crippen LogP contribution in [-0.4, -0.2) is 42.5 Å². The van der Waals surface area contributed by atoms with Crippen molar-refractivity contribution in [2.75, 3.05) is 13.1 Å². The maximum Gasteiger partial charge on any atom is 0.185 e. The highest BCUT2D eigenvalue weighted by molar-refractivity contribution is 7.90. The Morgan fingerprint density at radius 3 is 2.42 bits per heavy atom. The summed E-state index contributed by atoms with van der Waals surface area (Å²) in [7, 11) is -3.74. The average molecular weight is 490 g/mol. The van der Waals surface area contributed by atoms with Crippen molar-refractivity contribution < 1.29 is 17.5 Å². The molecule has 1 aromatic heterocycles. The lowest BCUT2D eigenvalue weighted by molar-refractivity contribution is 0.0797. The zero-order chi connectivity index (χ0) is 23.4. The van der Waals surface area contributed by atoms with Gasteiger partial charge in [0.05, 0.1) is 22.3 Å². The summed E-state index contributed by atoms with van der Waals surface area (Å²) >= 11 is 6.36. The van der Waals surface area contributed by atoms with Crippen molar-refractivity contribution in [3.8, 4) is 5.75 Å². The summed E-state index contributed by atoms with van der Waals surface area (Å²) in [6.45, 7) is 4.02. The number of nitrogens with zero attached hydrogens (tertiary/aromatic N) is 3. The van der Waals surface area contributed by atoms with Crippen LogP contribution in [0.15, 0.2) is 65.8 Å². The molecule has 0 unspecified atom stereocenters. The van der Waals surface area contributed by atoms with E-state index in [-0.39, 0.29) is 21.8 Å². The van der Waals surface area contributed by atoms with Crippen LogP contribution in [0, 0.1) is 5.82 Å². The van der Waals surface area contributed by atoms with E-state index in [0.29, 0.717) is 11.8 Å². The van der Waals surface area contributed by atoms with E-state index in [9.17, 15) is 12.8 Å². The van der Waals surface area contributed by atoms with Crippen molar-refractivity contribution in [2.24, 2.45) is 0 Å². The summed E-state index contributed by atoms with van der Waals surface area (Å²) in [5, 5.41) is 0.233. The largest absolute Gasteiger partial charge is 0.489 e. The van der Waals surface area contributed by atoms with E-state index in [1.54, 1.807) is 6.07 Å². The van der Waals surface area contributed by atoms with Crippen molar-refractivity contribution in [1.82, 2.24) is 14.9 Å². The lowest BCUT2D eigenvalue weighted by Crippen LogP contribution is -2.39. The van der Waals surface area contributed by atoms with Crippen LogP contribution in [0.5, 0.6) is 5.75 Å². The number of benzene rings is 2. The van der Waals surface area contributed by atoms with Gasteiger partial charge < -0.3 is 4.74 Å². The zero-order valence-corrected chi connectivity index (χ0v) is 19.8. The van der Waals surface area contributed by atoms with Crippen molar-refractivity contribution in [3.05, 3.63) is 83.2 Å². The first-order valence-corrected chi connectivity index (χ1v) is 12.8. The van der Waals surface area contributed by atoms with Gasteiger partial charge in [0.2, 0.25) is 0 Å². The molecule has 0 amide bonds. The van der Waals surface area contributed by atoms with Gasteiger partial charge in [0.15, 0.2) is 15.7 Å². The van der Waals surface area contributed by atoms with Gasteiger partial charge in [-0.1, -0.05) is 41.9 Å². The van der Waals surface area contributed by atoms with Gasteiger partial charge in [-0.2, -0.15) is 0 Å². The molecule has 6 nitrogen and oxygen atoms in total. The minimum Gasteiger partial charge on any atom is -0.489 e. The Kier molecular flexibility index (Phi) is 7.26. The topological polar surface area (TPSA) is 72.4 Å². The van der Waals surface area contributed by atoms with Crippen LogP contribution in [0.4, 0.5) is 4.39 Å². The van der Waals surface area contributed by atoms with Gasteiger partial charge in [-0.15, -0.1) is 0 Å². The number of aromatic nitrogens is 2. The molecule has 1 aliphatic heterocycles. The molecule has 0 N–H and O–H groups in total. The average Bonchev–Trinajstić information content (AvgIpc) is 2.82. The van der Waals surface area contributed by atoms with E-state index in [2.05, 4.69) is 46.1 Å². The summed E-state index contributed by atoms with van der Waals surface area (Å²) in [6, 6.07) is 15.2. The second-order valence-corrected chi connectivity index (χ2v) is 10.5. The molecule has 1 aliphatic rings. The van der Waals surface area contributed by atoms with Crippen LogP contribution in [0.25, 0.3) is 0 Å². The third-order valence-electron chi connectivity index (χ3n) is 5.86. The maximum atomic E-state index is 13.0. The van der Waals surface area contributed by atoms with Gasteiger partial charge >= 0.3 is 0 Å². The standard InChI is InChI=1S/C24H25ClFN3O3S/c1-17(18-5-3-2-4-6-18)29-11-9-20(10-12-29)32-23-8-7-21(13-22(23)25)33(30,31)16-24-27-14-19(26)15-28-24/h2-8,13-15,17,20H,9-12,16H2,1H3/t17-/m1/s1. The molecule has 0 radical (unpaired) electrons. The fourth-order valence-corrected chi connectivity index (χ4v) is 5.46. The predicted molar refractivity (Wildman–Crippen MR) is 124 cm³/mol. The number of rotatable bonds is 7. The van der Waals surface area contributed by atoms with Gasteiger partial charge in [0, 0.05) is 19.1 Å². The van der Waals surface area contributed by atoms with E-state index >= 15 is 0 Å². The van der Waals surface area contributed by atoms with Gasteiger partial charge in [-0.3, -0.25) is 4.90 Å². The first-order valence-electron chi connectivity index (χ1n) is 10.8. The highest BCUT2D eigenvalue weighted by Gasteiger charge is 2.26. The molecule has 1 saturated heterocycles. The number of ether oxygens (including phenoxy) is 1. The van der Waals surface area contributed by atoms with E-state index < -0.39 is 21.4 Å². The predicted octanol–water partition coefficient (Wildman–Crippen LogP) is 4.85. The molecule has 2 aromatic carbocycles. The summed E-state index contributed by atoms with van der Waals surface area (Å²) in [6.07, 6.45) is 3.60. The monoisotopic (exact) mass is 489 g/mol. The molecular formula is C24H25ClFN3O3S. The van der Waals surface area contributed by atoms with Gasteiger partial charge in [0.1, 0.15) is 23.4 Å². The third-order valence-corrected chi connectivity index (χ3v) is 7.76. The molecule has 1 fully saturated rings. The number of hydrogen-bond acceptors (Lipinski definition) is 6. The van der Waals surface area contributed by atoms with E-state index in [0.717, 1.165) is 38.3 Å². The number of halogens is 2. The zero-order valence-electron chi connectivity index (χ0n) is 18.2. The van der Waals surface area contributed by atoms with Crippen molar-refractivity contribution in [2.45, 2.75) is 42.6 Å². The summed E-state index contributed by atoms with van der Waals surface area (Å²) in [4.78, 5) is 9.91. The summed E-state index contributed by atoms with van der Waals surface area (Å²) in [5.41, 5.74) is 1.29. The second-order valence-electron chi connectivity index (χ2n) is 8.11. The molecule has 3 aromatic rings. The Hall–Kier alpha value is -2.55. The SMILES string of the molecule is C[C@H](c1ccccc1)N1CCC(Oc2ccc(S(=O)(=O)Cc3ncc(F)cn3)cc2Cl)CC1. The number of piperidine rings is 1. The molecule has 2 heterocycles. The highest BCUT2D eigenvalue weighted by atomic mass is 35.5. The molecule has 174 valence electrons. The Balaban J connectivity index is 1.36. The van der Waals surface area contributed by atoms with Crippen LogP contribution < -0.4 is 4.74 Å². The van der Waals surface area contributed by atoms with Crippen molar-refractivity contribution >= 4 is 21.4 Å². The number of likely N-dealkylation sites (tertiary alicyclic amines) is 1. The Bertz CT molecular complexity index is 1190. The minimum atomic E-state index is -3.74. The Morgan fingerprint density at radius 2 is 1.79 bits per heavy atom. The number of hydrogen-bond donors (Lipinski definition) is 0. The summed E-state index contributed by atoms with van der Waals surface area (Å²) < 4.78 is 44.4. The Labute approximate surface area is 198 Å². The van der Waals surface area contributed by atoms with Crippen LogP contribution in [0.1, 0.15) is 37.2 Å². The first-order chi connectivity index (χ1) is 15.8. The van der Waals surface area contributed by atoms with Crippen LogP contribution in [0.2, 0.25) is 5.02 Å². The maximum absolute atomic E-state index is 13.0. The molecule has 4 rings (SSSR count). The fourth-order valence-electron chi connectivity index (χ4n) is 3.94. The smallest absolute Gasteiger partial charge is 0.185 e. The van der Waals surface area contributed by atoms with E-state index in [4.69, 9.17) is 16.3 Å². The van der Waals surface area contributed by atoms with E-state index in [1.165, 1.54) is 17.7 Å². The second kappa shape index (κ2) is 10.2. The lowest BCUT2D eigenvalue weighted by atomic mass is 10.0. The third kappa shape index (κ3) is 5.88. The molecule has 33 heavy (non-hydrogen) atoms. The molecular weight excluding hydrogens is 465 g/mol. The van der Waals surface area contributed by atoms with Crippen molar-refractivity contribution in [3.63, 3.8) is 0 Å². The molecule has 0 spiro atoms. The highest BCUT2D eigenvalue weighted by Crippen LogP contribution is 2.32. The molecule has 0 saturated carbocycles. The van der Waals surface area contributed by atoms with Gasteiger partial charge in [-0.05, 0) is 43.5 Å². The fraction of sp³-hybridized carbons (Fsp3) is 0.333. The van der Waals surface area contributed by atoms with Crippen LogP contribution in [0.3, 0.4) is 0 Å². The van der Waals surface area contributed by atoms with E-state index in [1.807, 2.05) is 6.07 Å². The van der Waals surface area contributed by atoms with Crippen LogP contribution in [-0.2, 0) is 15.6 Å². The molecule has 0 aliphatic carbocycles. The molecule has 0 bridgehead atoms. The molecule has 9 heteroatoms. The quantitative estimate of drug-likeness (QED) is 0.472. The Morgan fingerprint density at radius 1 is 1.12 bits per heavy atom. The van der Waals surface area contributed by atoms with Crippen molar-refractivity contribution in [1.29, 1.82) is 0 Å².